The van der Waals surface area contributed by atoms with Crippen LogP contribution in [0.4, 0.5) is 0 Å². The molecule has 0 aromatic heterocycles. The average Bonchev–Trinajstić information content (AvgIpc) is 2.53. The zero-order valence-corrected chi connectivity index (χ0v) is 12.6. The van der Waals surface area contributed by atoms with Gasteiger partial charge in [0.1, 0.15) is 17.1 Å². The van der Waals surface area contributed by atoms with Gasteiger partial charge in [-0.05, 0) is 35.9 Å². The maximum Gasteiger partial charge on any atom is 0.193 e. The molecule has 0 bridgehead atoms. The fourth-order valence-corrected chi connectivity index (χ4v) is 2.05. The molecular weight excluding hydrogens is 288 g/mol. The number of halogens is 1. The number of ether oxygens (including phenoxy) is 2. The summed E-state index contributed by atoms with van der Waals surface area (Å²) in [4.78, 5) is 12.4. The molecule has 21 heavy (non-hydrogen) atoms. The fourth-order valence-electron chi connectivity index (χ4n) is 1.92. The van der Waals surface area contributed by atoms with Crippen LogP contribution >= 0.6 is 11.6 Å². The Balaban J connectivity index is 2.30. The minimum absolute atomic E-state index is 0.181. The highest BCUT2D eigenvalue weighted by Crippen LogP contribution is 2.29. The van der Waals surface area contributed by atoms with Crippen LogP contribution in [0.15, 0.2) is 48.5 Å². The van der Waals surface area contributed by atoms with E-state index in [9.17, 15) is 4.79 Å². The Morgan fingerprint density at radius 3 is 2.10 bits per heavy atom. The van der Waals surface area contributed by atoms with Gasteiger partial charge in [-0.25, -0.2) is 0 Å². The number of ketones is 1. The Hall–Kier alpha value is -2.26. The van der Waals surface area contributed by atoms with Crippen molar-refractivity contribution in [2.24, 2.45) is 0 Å². The van der Waals surface area contributed by atoms with Crippen molar-refractivity contribution in [3.8, 4) is 11.5 Å². The van der Waals surface area contributed by atoms with Crippen molar-refractivity contribution >= 4 is 23.5 Å². The van der Waals surface area contributed by atoms with Crippen molar-refractivity contribution in [3.63, 3.8) is 0 Å². The number of rotatable bonds is 5. The van der Waals surface area contributed by atoms with E-state index in [-0.39, 0.29) is 5.78 Å². The first-order valence-corrected chi connectivity index (χ1v) is 6.72. The summed E-state index contributed by atoms with van der Waals surface area (Å²) < 4.78 is 10.4. The lowest BCUT2D eigenvalue weighted by Crippen LogP contribution is -2.02. The van der Waals surface area contributed by atoms with E-state index in [1.165, 1.54) is 20.3 Å². The lowest BCUT2D eigenvalue weighted by atomic mass is 10.1. The third-order valence-corrected chi connectivity index (χ3v) is 3.22. The molecule has 0 aliphatic heterocycles. The third kappa shape index (κ3) is 3.64. The summed E-state index contributed by atoms with van der Waals surface area (Å²) in [6, 6.07) is 12.5. The fraction of sp³-hybridized carbons (Fsp3) is 0.118. The van der Waals surface area contributed by atoms with E-state index >= 15 is 0 Å². The Labute approximate surface area is 128 Å². The average molecular weight is 303 g/mol. The van der Waals surface area contributed by atoms with Crippen molar-refractivity contribution in [2.75, 3.05) is 14.2 Å². The molecule has 2 aromatic carbocycles. The Kier molecular flexibility index (Phi) is 5.01. The molecule has 0 saturated heterocycles. The third-order valence-electron chi connectivity index (χ3n) is 2.97. The second-order valence-corrected chi connectivity index (χ2v) is 4.72. The lowest BCUT2D eigenvalue weighted by Gasteiger charge is -2.10. The van der Waals surface area contributed by atoms with E-state index in [2.05, 4.69) is 0 Å². The van der Waals surface area contributed by atoms with E-state index < -0.39 is 0 Å². The first-order chi connectivity index (χ1) is 10.2. The molecule has 2 aromatic rings. The summed E-state index contributed by atoms with van der Waals surface area (Å²) in [6.45, 7) is 0. The number of hydrogen-bond acceptors (Lipinski definition) is 3. The minimum atomic E-state index is -0.181. The Bertz CT molecular complexity index is 638. The normalized spacial score (nSPS) is 10.6. The predicted molar refractivity (Wildman–Crippen MR) is 84.4 cm³/mol. The summed E-state index contributed by atoms with van der Waals surface area (Å²) in [5.41, 5.74) is 1.30. The van der Waals surface area contributed by atoms with Crippen LogP contribution in [0.3, 0.4) is 0 Å². The second kappa shape index (κ2) is 6.95. The summed E-state index contributed by atoms with van der Waals surface area (Å²) in [7, 11) is 3.04. The van der Waals surface area contributed by atoms with Crippen LogP contribution in [0, 0.1) is 0 Å². The molecule has 0 fully saturated rings. The highest BCUT2D eigenvalue weighted by Gasteiger charge is 2.15. The Morgan fingerprint density at radius 2 is 1.57 bits per heavy atom. The van der Waals surface area contributed by atoms with Crippen LogP contribution in [0.5, 0.6) is 11.5 Å². The van der Waals surface area contributed by atoms with Crippen LogP contribution in [0.2, 0.25) is 5.02 Å². The van der Waals surface area contributed by atoms with Crippen molar-refractivity contribution in [1.29, 1.82) is 0 Å². The lowest BCUT2D eigenvalue weighted by molar-refractivity contribution is 0.104. The van der Waals surface area contributed by atoms with Crippen molar-refractivity contribution < 1.29 is 14.3 Å². The first kappa shape index (κ1) is 15.1. The van der Waals surface area contributed by atoms with Gasteiger partial charge < -0.3 is 9.47 Å². The van der Waals surface area contributed by atoms with Crippen LogP contribution in [-0.2, 0) is 0 Å². The highest BCUT2D eigenvalue weighted by atomic mass is 35.5. The van der Waals surface area contributed by atoms with Crippen molar-refractivity contribution in [1.82, 2.24) is 0 Å². The number of carbonyl (C=O) groups is 1. The van der Waals surface area contributed by atoms with Crippen molar-refractivity contribution in [3.05, 3.63) is 64.7 Å². The van der Waals surface area contributed by atoms with E-state index in [0.29, 0.717) is 22.1 Å². The largest absolute Gasteiger partial charge is 0.496 e. The van der Waals surface area contributed by atoms with Gasteiger partial charge in [-0.2, -0.15) is 0 Å². The number of benzene rings is 2. The van der Waals surface area contributed by atoms with Gasteiger partial charge in [-0.1, -0.05) is 35.9 Å². The standard InChI is InChI=1S/C17H15ClO3/c1-20-15-4-3-5-16(21-2)17(15)14(19)11-8-12-6-9-13(18)10-7-12/h3-11H,1-2H3/b11-8-. The number of methoxy groups -OCH3 is 2. The summed E-state index contributed by atoms with van der Waals surface area (Å²) in [5, 5.41) is 0.657. The molecule has 0 N–H and O–H groups in total. The van der Waals surface area contributed by atoms with Crippen molar-refractivity contribution in [2.45, 2.75) is 0 Å². The quantitative estimate of drug-likeness (QED) is 0.612. The van der Waals surface area contributed by atoms with E-state index in [4.69, 9.17) is 21.1 Å². The zero-order valence-electron chi connectivity index (χ0n) is 11.8. The maximum atomic E-state index is 12.4. The van der Waals surface area contributed by atoms with Gasteiger partial charge >= 0.3 is 0 Å². The molecule has 108 valence electrons. The Morgan fingerprint density at radius 1 is 1.00 bits per heavy atom. The molecule has 0 aliphatic rings. The maximum absolute atomic E-state index is 12.4. The smallest absolute Gasteiger partial charge is 0.193 e. The summed E-state index contributed by atoms with van der Waals surface area (Å²) in [5.74, 6) is 0.791. The molecule has 3 nitrogen and oxygen atoms in total. The molecule has 0 radical (unpaired) electrons. The predicted octanol–water partition coefficient (Wildman–Crippen LogP) is 4.25. The van der Waals surface area contributed by atoms with Gasteiger partial charge in [0, 0.05) is 5.02 Å². The van der Waals surface area contributed by atoms with E-state index in [1.807, 2.05) is 12.1 Å². The van der Waals surface area contributed by atoms with Crippen LogP contribution in [-0.4, -0.2) is 20.0 Å². The highest BCUT2D eigenvalue weighted by molar-refractivity contribution is 6.30. The first-order valence-electron chi connectivity index (χ1n) is 6.34. The second-order valence-electron chi connectivity index (χ2n) is 4.29. The molecule has 0 spiro atoms. The van der Waals surface area contributed by atoms with Gasteiger partial charge in [0.25, 0.3) is 0 Å². The molecule has 0 saturated carbocycles. The molecule has 0 unspecified atom stereocenters. The molecule has 0 amide bonds. The van der Waals surface area contributed by atoms with Crippen LogP contribution < -0.4 is 9.47 Å². The minimum Gasteiger partial charge on any atom is -0.496 e. The van der Waals surface area contributed by atoms with Gasteiger partial charge in [-0.3, -0.25) is 4.79 Å². The molecule has 0 aliphatic carbocycles. The van der Waals surface area contributed by atoms with Gasteiger partial charge in [0.2, 0.25) is 0 Å². The number of allylic oxidation sites excluding steroid dienone is 1. The summed E-state index contributed by atoms with van der Waals surface area (Å²) in [6.07, 6.45) is 3.22. The summed E-state index contributed by atoms with van der Waals surface area (Å²) >= 11 is 5.83. The van der Waals surface area contributed by atoms with Gasteiger partial charge in [0.15, 0.2) is 5.78 Å². The van der Waals surface area contributed by atoms with Crippen LogP contribution in [0.1, 0.15) is 15.9 Å². The molecule has 4 heteroatoms. The topological polar surface area (TPSA) is 35.5 Å². The molecular formula is C17H15ClO3. The molecule has 0 heterocycles. The van der Waals surface area contributed by atoms with Crippen LogP contribution in [0.25, 0.3) is 6.08 Å². The van der Waals surface area contributed by atoms with E-state index in [0.717, 1.165) is 5.56 Å². The van der Waals surface area contributed by atoms with Gasteiger partial charge in [0.05, 0.1) is 14.2 Å². The molecule has 2 rings (SSSR count). The number of carbonyl (C=O) groups excluding carboxylic acids is 1. The monoisotopic (exact) mass is 302 g/mol. The van der Waals surface area contributed by atoms with E-state index in [1.54, 1.807) is 36.4 Å². The molecule has 0 atom stereocenters. The number of hydrogen-bond donors (Lipinski definition) is 0. The zero-order chi connectivity index (χ0) is 15.2. The SMILES string of the molecule is COc1cccc(OC)c1C(=O)/C=C\c1ccc(Cl)cc1. The van der Waals surface area contributed by atoms with Gasteiger partial charge in [-0.15, -0.1) is 0 Å².